The van der Waals surface area contributed by atoms with E-state index in [1.54, 1.807) is 31.2 Å². The van der Waals surface area contributed by atoms with Crippen molar-refractivity contribution in [3.05, 3.63) is 39.9 Å². The van der Waals surface area contributed by atoms with Crippen LogP contribution in [0.4, 0.5) is 0 Å². The largest absolute Gasteiger partial charge is 0.492 e. The first-order valence-corrected chi connectivity index (χ1v) is 6.35. The van der Waals surface area contributed by atoms with E-state index in [0.717, 1.165) is 0 Å². The highest BCUT2D eigenvalue weighted by atomic mass is 17.0. The highest BCUT2D eigenvalue weighted by molar-refractivity contribution is 5.97. The molecule has 0 saturated heterocycles. The number of benzene rings is 1. The third-order valence-electron chi connectivity index (χ3n) is 2.34. The molecule has 1 aromatic rings. The number of hydrogen-bond acceptors (Lipinski definition) is 7. The SMILES string of the molecule is CC(N)COCC(=O)c1ccc(OCCO[N+](=O)[O-])cc1. The Morgan fingerprint density at radius 3 is 2.57 bits per heavy atom. The molecule has 0 bridgehead atoms. The number of ketones is 1. The normalized spacial score (nSPS) is 11.7. The van der Waals surface area contributed by atoms with Gasteiger partial charge >= 0.3 is 0 Å². The van der Waals surface area contributed by atoms with Crippen LogP contribution in [-0.2, 0) is 9.57 Å². The fraction of sp³-hybridized carbons (Fsp3) is 0.462. The van der Waals surface area contributed by atoms with E-state index >= 15 is 0 Å². The minimum Gasteiger partial charge on any atom is -0.492 e. The average molecular weight is 298 g/mol. The Balaban J connectivity index is 2.35. The fourth-order valence-corrected chi connectivity index (χ4v) is 1.43. The van der Waals surface area contributed by atoms with Crippen LogP contribution in [0.3, 0.4) is 0 Å². The molecule has 1 atom stereocenters. The number of carbonyl (C=O) groups excluding carboxylic acids is 1. The molecule has 1 unspecified atom stereocenters. The average Bonchev–Trinajstić information content (AvgIpc) is 2.43. The number of Topliss-reactive ketones (excluding diaryl/α,β-unsaturated/α-hetero) is 1. The number of nitrogens with two attached hydrogens (primary N) is 1. The van der Waals surface area contributed by atoms with Crippen molar-refractivity contribution in [2.24, 2.45) is 5.73 Å². The van der Waals surface area contributed by atoms with Crippen LogP contribution in [0.25, 0.3) is 0 Å². The van der Waals surface area contributed by atoms with Crippen LogP contribution in [0, 0.1) is 10.1 Å². The van der Waals surface area contributed by atoms with E-state index in [-0.39, 0.29) is 31.6 Å². The lowest BCUT2D eigenvalue weighted by atomic mass is 10.1. The topological polar surface area (TPSA) is 114 Å². The van der Waals surface area contributed by atoms with Gasteiger partial charge in [-0.25, -0.2) is 0 Å². The highest BCUT2D eigenvalue weighted by Gasteiger charge is 2.07. The van der Waals surface area contributed by atoms with E-state index in [0.29, 0.717) is 17.9 Å². The van der Waals surface area contributed by atoms with Crippen LogP contribution >= 0.6 is 0 Å². The number of rotatable bonds is 10. The van der Waals surface area contributed by atoms with Gasteiger partial charge in [0.15, 0.2) is 5.78 Å². The zero-order chi connectivity index (χ0) is 15.7. The van der Waals surface area contributed by atoms with Crippen molar-refractivity contribution in [2.75, 3.05) is 26.4 Å². The van der Waals surface area contributed by atoms with Crippen LogP contribution in [0.15, 0.2) is 24.3 Å². The zero-order valence-corrected chi connectivity index (χ0v) is 11.7. The maximum atomic E-state index is 11.8. The molecule has 1 rings (SSSR count). The van der Waals surface area contributed by atoms with Crippen LogP contribution in [0.2, 0.25) is 0 Å². The van der Waals surface area contributed by atoms with Gasteiger partial charge in [0.05, 0.1) is 6.61 Å². The van der Waals surface area contributed by atoms with Crippen molar-refractivity contribution >= 4 is 5.78 Å². The zero-order valence-electron chi connectivity index (χ0n) is 11.7. The Morgan fingerprint density at radius 1 is 1.33 bits per heavy atom. The lowest BCUT2D eigenvalue weighted by molar-refractivity contribution is -0.757. The van der Waals surface area contributed by atoms with Crippen LogP contribution < -0.4 is 10.5 Å². The van der Waals surface area contributed by atoms with Gasteiger partial charge < -0.3 is 20.0 Å². The molecule has 0 saturated carbocycles. The fourth-order valence-electron chi connectivity index (χ4n) is 1.43. The number of nitrogens with zero attached hydrogens (tertiary/aromatic N) is 1. The van der Waals surface area contributed by atoms with Gasteiger partial charge in [-0.05, 0) is 31.2 Å². The molecule has 21 heavy (non-hydrogen) atoms. The predicted octanol–water partition coefficient (Wildman–Crippen LogP) is 0.820. The van der Waals surface area contributed by atoms with E-state index in [4.69, 9.17) is 15.2 Å². The summed E-state index contributed by atoms with van der Waals surface area (Å²) in [4.78, 5) is 25.8. The first kappa shape index (κ1) is 16.9. The number of ether oxygens (including phenoxy) is 2. The number of hydrogen-bond donors (Lipinski definition) is 1. The number of carbonyl (C=O) groups is 1. The molecule has 0 radical (unpaired) electrons. The van der Waals surface area contributed by atoms with Crippen LogP contribution in [0.1, 0.15) is 17.3 Å². The van der Waals surface area contributed by atoms with E-state index in [1.165, 1.54) is 0 Å². The van der Waals surface area contributed by atoms with Gasteiger partial charge in [0.1, 0.15) is 25.6 Å². The van der Waals surface area contributed by atoms with Gasteiger partial charge in [0.25, 0.3) is 5.09 Å². The summed E-state index contributed by atoms with van der Waals surface area (Å²) in [5, 5.41) is 9.05. The van der Waals surface area contributed by atoms with Crippen molar-refractivity contribution < 1.29 is 24.2 Å². The van der Waals surface area contributed by atoms with Crippen molar-refractivity contribution in [1.29, 1.82) is 0 Å². The second-order valence-corrected chi connectivity index (χ2v) is 4.35. The molecule has 0 spiro atoms. The smallest absolute Gasteiger partial charge is 0.294 e. The van der Waals surface area contributed by atoms with Crippen LogP contribution in [-0.4, -0.2) is 43.3 Å². The lowest BCUT2D eigenvalue weighted by Crippen LogP contribution is -2.23. The molecule has 2 N–H and O–H groups in total. The third-order valence-corrected chi connectivity index (χ3v) is 2.34. The van der Waals surface area contributed by atoms with E-state index in [1.807, 2.05) is 0 Å². The summed E-state index contributed by atoms with van der Waals surface area (Å²) in [7, 11) is 0. The summed E-state index contributed by atoms with van der Waals surface area (Å²) < 4.78 is 10.4. The standard InChI is InChI=1S/C13H18N2O6/c1-10(14)8-19-9-13(16)11-2-4-12(5-3-11)20-6-7-21-15(17)18/h2-5,10H,6-9,14H2,1H3. The molecule has 0 aromatic heterocycles. The maximum Gasteiger partial charge on any atom is 0.294 e. The molecule has 116 valence electrons. The van der Waals surface area contributed by atoms with E-state index in [2.05, 4.69) is 4.84 Å². The minimum atomic E-state index is -0.882. The molecule has 0 heterocycles. The molecule has 0 fully saturated rings. The predicted molar refractivity (Wildman–Crippen MR) is 73.7 cm³/mol. The van der Waals surface area contributed by atoms with Crippen molar-refractivity contribution in [3.63, 3.8) is 0 Å². The van der Waals surface area contributed by atoms with Gasteiger partial charge in [-0.2, -0.15) is 0 Å². The molecule has 1 aromatic carbocycles. The summed E-state index contributed by atoms with van der Waals surface area (Å²) in [6.07, 6.45) is 0. The molecule has 8 heteroatoms. The minimum absolute atomic E-state index is 0.0293. The third kappa shape index (κ3) is 7.23. The molecular weight excluding hydrogens is 280 g/mol. The van der Waals surface area contributed by atoms with Crippen molar-refractivity contribution in [2.45, 2.75) is 13.0 Å². The molecule has 8 nitrogen and oxygen atoms in total. The van der Waals surface area contributed by atoms with E-state index in [9.17, 15) is 14.9 Å². The Kier molecular flexibility index (Phi) is 7.13. The summed E-state index contributed by atoms with van der Waals surface area (Å²) in [6.45, 7) is 1.98. The first-order chi connectivity index (χ1) is 9.99. The second-order valence-electron chi connectivity index (χ2n) is 4.35. The quantitative estimate of drug-likeness (QED) is 0.294. The van der Waals surface area contributed by atoms with Gasteiger partial charge in [-0.1, -0.05) is 0 Å². The summed E-state index contributed by atoms with van der Waals surface area (Å²) in [5.74, 6) is 0.342. The Bertz CT molecular complexity index is 460. The summed E-state index contributed by atoms with van der Waals surface area (Å²) >= 11 is 0. The molecule has 0 aliphatic heterocycles. The van der Waals surface area contributed by atoms with Crippen LogP contribution in [0.5, 0.6) is 5.75 Å². The van der Waals surface area contributed by atoms with Crippen molar-refractivity contribution in [1.82, 2.24) is 0 Å². The molecule has 0 amide bonds. The van der Waals surface area contributed by atoms with Gasteiger partial charge in [-0.3, -0.25) is 4.79 Å². The molecular formula is C13H18N2O6. The monoisotopic (exact) mass is 298 g/mol. The van der Waals surface area contributed by atoms with Crippen molar-refractivity contribution in [3.8, 4) is 5.75 Å². The van der Waals surface area contributed by atoms with E-state index < -0.39 is 5.09 Å². The highest BCUT2D eigenvalue weighted by Crippen LogP contribution is 2.12. The maximum absolute atomic E-state index is 11.8. The van der Waals surface area contributed by atoms with Gasteiger partial charge in [0.2, 0.25) is 0 Å². The Labute approximate surface area is 121 Å². The Morgan fingerprint density at radius 2 is 2.00 bits per heavy atom. The first-order valence-electron chi connectivity index (χ1n) is 6.35. The molecule has 0 aliphatic carbocycles. The van der Waals surface area contributed by atoms with Gasteiger partial charge in [0, 0.05) is 11.6 Å². The summed E-state index contributed by atoms with van der Waals surface area (Å²) in [6, 6.07) is 6.29. The lowest BCUT2D eigenvalue weighted by Gasteiger charge is -2.08. The summed E-state index contributed by atoms with van der Waals surface area (Å²) in [5.41, 5.74) is 6.00. The second kappa shape index (κ2) is 8.88. The Hall–Kier alpha value is -2.19. The van der Waals surface area contributed by atoms with Gasteiger partial charge in [-0.15, -0.1) is 10.1 Å². The molecule has 0 aliphatic rings.